The highest BCUT2D eigenvalue weighted by molar-refractivity contribution is 5.96. The number of carbonyl (C=O) groups is 2. The largest absolute Gasteiger partial charge is 0.336 e. The van der Waals surface area contributed by atoms with Gasteiger partial charge in [-0.3, -0.25) is 9.59 Å². The zero-order valence-electron chi connectivity index (χ0n) is 17.4. The Kier molecular flexibility index (Phi) is 11.0. The number of hydrogen-bond donors (Lipinski definition) is 2. The van der Waals surface area contributed by atoms with Crippen LogP contribution in [0.15, 0.2) is 24.3 Å². The van der Waals surface area contributed by atoms with Crippen LogP contribution in [0.2, 0.25) is 0 Å². The molecule has 6 nitrogen and oxygen atoms in total. The summed E-state index contributed by atoms with van der Waals surface area (Å²) in [5, 5.41) is 6.35. The molecule has 2 amide bonds. The van der Waals surface area contributed by atoms with Crippen LogP contribution in [-0.4, -0.2) is 67.9 Å². The van der Waals surface area contributed by atoms with E-state index < -0.39 is 0 Å². The molecule has 1 atom stereocenters. The molecule has 2 fully saturated rings. The molecule has 164 valence electrons. The monoisotopic (exact) mass is 444 g/mol. The molecule has 0 spiro atoms. The molecule has 1 aromatic carbocycles. The van der Waals surface area contributed by atoms with Crippen LogP contribution in [0.5, 0.6) is 0 Å². The van der Waals surface area contributed by atoms with E-state index in [1.54, 1.807) is 0 Å². The fourth-order valence-electron chi connectivity index (χ4n) is 3.97. The van der Waals surface area contributed by atoms with Crippen molar-refractivity contribution in [1.82, 2.24) is 15.1 Å². The Bertz CT molecular complexity index is 643. The fraction of sp³-hybridized carbons (Fsp3) is 0.619. The van der Waals surface area contributed by atoms with Crippen molar-refractivity contribution in [3.63, 3.8) is 0 Å². The minimum Gasteiger partial charge on any atom is -0.336 e. The number of likely N-dealkylation sites (N-methyl/N-ethyl adjacent to an activating group) is 1. The second-order valence-corrected chi connectivity index (χ2v) is 7.99. The van der Waals surface area contributed by atoms with Gasteiger partial charge in [-0.25, -0.2) is 0 Å². The molecule has 2 N–H and O–H groups in total. The van der Waals surface area contributed by atoms with E-state index in [1.165, 1.54) is 0 Å². The van der Waals surface area contributed by atoms with Gasteiger partial charge in [-0.05, 0) is 69.1 Å². The van der Waals surface area contributed by atoms with Gasteiger partial charge in [-0.1, -0.05) is 6.92 Å². The lowest BCUT2D eigenvalue weighted by Gasteiger charge is -2.32. The molecule has 1 unspecified atom stereocenters. The molecule has 1 aromatic rings. The highest BCUT2D eigenvalue weighted by atomic mass is 35.5. The summed E-state index contributed by atoms with van der Waals surface area (Å²) in [7, 11) is 2.07. The normalized spacial score (nSPS) is 18.9. The predicted octanol–water partition coefficient (Wildman–Crippen LogP) is 2.88. The van der Waals surface area contributed by atoms with Crippen molar-refractivity contribution in [2.75, 3.05) is 51.6 Å². The zero-order valence-corrected chi connectivity index (χ0v) is 19.0. The Balaban J connectivity index is 0.00000210. The second-order valence-electron chi connectivity index (χ2n) is 7.99. The Morgan fingerprint density at radius 2 is 1.66 bits per heavy atom. The van der Waals surface area contributed by atoms with Gasteiger partial charge in [-0.2, -0.15) is 0 Å². The van der Waals surface area contributed by atoms with E-state index in [9.17, 15) is 9.59 Å². The quantitative estimate of drug-likeness (QED) is 0.732. The smallest absolute Gasteiger partial charge is 0.253 e. The van der Waals surface area contributed by atoms with Crippen LogP contribution in [0.4, 0.5) is 5.69 Å². The highest BCUT2D eigenvalue weighted by Crippen LogP contribution is 2.24. The van der Waals surface area contributed by atoms with Crippen LogP contribution < -0.4 is 10.6 Å². The van der Waals surface area contributed by atoms with Gasteiger partial charge in [0, 0.05) is 43.9 Å². The average molecular weight is 445 g/mol. The number of piperidine rings is 1. The van der Waals surface area contributed by atoms with E-state index in [4.69, 9.17) is 0 Å². The first-order valence-electron chi connectivity index (χ1n) is 10.1. The third-order valence-corrected chi connectivity index (χ3v) is 5.90. The summed E-state index contributed by atoms with van der Waals surface area (Å²) >= 11 is 0. The minimum atomic E-state index is 0. The molecule has 29 heavy (non-hydrogen) atoms. The van der Waals surface area contributed by atoms with Crippen LogP contribution in [-0.2, 0) is 4.79 Å². The maximum absolute atomic E-state index is 12.6. The van der Waals surface area contributed by atoms with Crippen LogP contribution in [0.3, 0.4) is 0 Å². The zero-order chi connectivity index (χ0) is 19.2. The molecule has 0 bridgehead atoms. The SMILES string of the molecule is CC(CC(=O)Nc1ccc(C(=O)N2CCN(C)CC2)cc1)C1CCNCC1.Cl.Cl. The molecule has 0 aliphatic carbocycles. The van der Waals surface area contributed by atoms with Crippen molar-refractivity contribution in [3.05, 3.63) is 29.8 Å². The topological polar surface area (TPSA) is 64.7 Å². The standard InChI is InChI=1S/C21H32N4O2.2ClH/c1-16(17-7-9-22-10-8-17)15-20(26)23-19-5-3-18(4-6-19)21(27)25-13-11-24(2)12-14-25;;/h3-6,16-17,22H,7-15H2,1-2H3,(H,23,26);2*1H. The molecular weight excluding hydrogens is 411 g/mol. The summed E-state index contributed by atoms with van der Waals surface area (Å²) in [6.45, 7) is 7.64. The number of amides is 2. The van der Waals surface area contributed by atoms with Crippen LogP contribution in [0.25, 0.3) is 0 Å². The van der Waals surface area contributed by atoms with Crippen LogP contribution in [0, 0.1) is 11.8 Å². The first kappa shape index (κ1) is 25.7. The van der Waals surface area contributed by atoms with E-state index >= 15 is 0 Å². The van der Waals surface area contributed by atoms with Gasteiger partial charge in [0.05, 0.1) is 0 Å². The van der Waals surface area contributed by atoms with Crippen molar-refractivity contribution < 1.29 is 9.59 Å². The maximum Gasteiger partial charge on any atom is 0.253 e. The number of piperazine rings is 1. The number of hydrogen-bond acceptors (Lipinski definition) is 4. The number of carbonyl (C=O) groups excluding carboxylic acids is 2. The summed E-state index contributed by atoms with van der Waals surface area (Å²) < 4.78 is 0. The Morgan fingerprint density at radius 1 is 1.07 bits per heavy atom. The maximum atomic E-state index is 12.6. The number of halogens is 2. The Hall–Kier alpha value is -1.34. The molecular formula is C21H34Cl2N4O2. The van der Waals surface area contributed by atoms with Gasteiger partial charge in [0.1, 0.15) is 0 Å². The minimum absolute atomic E-state index is 0. The van der Waals surface area contributed by atoms with Crippen LogP contribution >= 0.6 is 24.8 Å². The molecule has 2 heterocycles. The third-order valence-electron chi connectivity index (χ3n) is 5.90. The van der Waals surface area contributed by atoms with E-state index in [0.717, 1.165) is 57.8 Å². The van der Waals surface area contributed by atoms with E-state index in [-0.39, 0.29) is 36.6 Å². The summed E-state index contributed by atoms with van der Waals surface area (Å²) in [5.41, 5.74) is 1.44. The van der Waals surface area contributed by atoms with Crippen molar-refractivity contribution in [3.8, 4) is 0 Å². The summed E-state index contributed by atoms with van der Waals surface area (Å²) in [6, 6.07) is 7.28. The Morgan fingerprint density at radius 3 is 2.24 bits per heavy atom. The Labute approximate surface area is 186 Å². The molecule has 0 radical (unpaired) electrons. The average Bonchev–Trinajstić information content (AvgIpc) is 2.69. The molecule has 2 saturated heterocycles. The summed E-state index contributed by atoms with van der Waals surface area (Å²) in [5.74, 6) is 1.14. The second kappa shape index (κ2) is 12.4. The molecule has 3 rings (SSSR count). The molecule has 8 heteroatoms. The lowest BCUT2D eigenvalue weighted by atomic mass is 9.84. The van der Waals surface area contributed by atoms with E-state index in [0.29, 0.717) is 23.8 Å². The number of nitrogens with zero attached hydrogens (tertiary/aromatic N) is 2. The van der Waals surface area contributed by atoms with Gasteiger partial charge in [0.2, 0.25) is 5.91 Å². The van der Waals surface area contributed by atoms with Gasteiger partial charge >= 0.3 is 0 Å². The first-order valence-corrected chi connectivity index (χ1v) is 10.1. The van der Waals surface area contributed by atoms with Crippen molar-refractivity contribution >= 4 is 42.3 Å². The van der Waals surface area contributed by atoms with Crippen LogP contribution in [0.1, 0.15) is 36.5 Å². The van der Waals surface area contributed by atoms with Crippen molar-refractivity contribution in [2.24, 2.45) is 11.8 Å². The van der Waals surface area contributed by atoms with Gasteiger partial charge in [0.15, 0.2) is 0 Å². The predicted molar refractivity (Wildman–Crippen MR) is 122 cm³/mol. The molecule has 2 aliphatic heterocycles. The number of anilines is 1. The third kappa shape index (κ3) is 7.45. The van der Waals surface area contributed by atoms with E-state index in [1.807, 2.05) is 29.2 Å². The number of rotatable bonds is 5. The fourth-order valence-corrected chi connectivity index (χ4v) is 3.97. The van der Waals surface area contributed by atoms with Gasteiger partial charge in [0.25, 0.3) is 5.91 Å². The molecule has 0 saturated carbocycles. The number of benzene rings is 1. The molecule has 0 aromatic heterocycles. The molecule has 2 aliphatic rings. The summed E-state index contributed by atoms with van der Waals surface area (Å²) in [4.78, 5) is 29.1. The van der Waals surface area contributed by atoms with Gasteiger partial charge in [-0.15, -0.1) is 24.8 Å². The van der Waals surface area contributed by atoms with Gasteiger partial charge < -0.3 is 20.4 Å². The summed E-state index contributed by atoms with van der Waals surface area (Å²) in [6.07, 6.45) is 2.85. The first-order chi connectivity index (χ1) is 13.0. The number of nitrogens with one attached hydrogen (secondary N) is 2. The lowest BCUT2D eigenvalue weighted by molar-refractivity contribution is -0.117. The lowest BCUT2D eigenvalue weighted by Crippen LogP contribution is -2.47. The van der Waals surface area contributed by atoms with Crippen molar-refractivity contribution in [1.29, 1.82) is 0 Å². The van der Waals surface area contributed by atoms with Crippen molar-refractivity contribution in [2.45, 2.75) is 26.2 Å². The van der Waals surface area contributed by atoms with E-state index in [2.05, 4.69) is 29.5 Å². The highest BCUT2D eigenvalue weighted by Gasteiger charge is 2.22.